The molecule has 1 aromatic carbocycles. The zero-order chi connectivity index (χ0) is 16.5. The quantitative estimate of drug-likeness (QED) is 0.728. The Morgan fingerprint density at radius 1 is 1.25 bits per heavy atom. The van der Waals surface area contributed by atoms with E-state index in [-0.39, 0.29) is 12.6 Å². The summed E-state index contributed by atoms with van der Waals surface area (Å²) >= 11 is 5.74. The summed E-state index contributed by atoms with van der Waals surface area (Å²) in [6.45, 7) is 0.716. The van der Waals surface area contributed by atoms with Crippen LogP contribution in [0.25, 0.3) is 5.82 Å². The second kappa shape index (κ2) is 6.05. The molecule has 0 spiro atoms. The summed E-state index contributed by atoms with van der Waals surface area (Å²) in [5.41, 5.74) is 2.63. The van der Waals surface area contributed by atoms with Gasteiger partial charge in [0.25, 0.3) is 0 Å². The lowest BCUT2D eigenvalue weighted by molar-refractivity contribution is 0.275. The van der Waals surface area contributed by atoms with Gasteiger partial charge in [-0.15, -0.1) is 0 Å². The van der Waals surface area contributed by atoms with Crippen molar-refractivity contribution in [3.63, 3.8) is 0 Å². The minimum atomic E-state index is -0.417. The topological polar surface area (TPSA) is 52.3 Å². The van der Waals surface area contributed by atoms with Gasteiger partial charge in [0.1, 0.15) is 18.2 Å². The first-order valence-electron chi connectivity index (χ1n) is 7.30. The fourth-order valence-corrected chi connectivity index (χ4v) is 2.62. The van der Waals surface area contributed by atoms with Gasteiger partial charge < -0.3 is 9.30 Å². The normalized spacial score (nSPS) is 12.4. The van der Waals surface area contributed by atoms with Crippen LogP contribution in [0.3, 0.4) is 0 Å². The number of ether oxygens (including phenoxy) is 1. The summed E-state index contributed by atoms with van der Waals surface area (Å²) in [4.78, 5) is 12.6. The van der Waals surface area contributed by atoms with Crippen molar-refractivity contribution in [3.05, 3.63) is 70.4 Å². The molecule has 2 aromatic heterocycles. The number of aliphatic imine (C=N–C) groups is 1. The van der Waals surface area contributed by atoms with Crippen LogP contribution in [0.15, 0.2) is 47.8 Å². The van der Waals surface area contributed by atoms with Crippen LogP contribution in [0, 0.1) is 5.82 Å². The highest BCUT2D eigenvalue weighted by atomic mass is 35.5. The van der Waals surface area contributed by atoms with Crippen LogP contribution >= 0.6 is 11.6 Å². The van der Waals surface area contributed by atoms with Gasteiger partial charge >= 0.3 is 6.01 Å². The Kier molecular flexibility index (Phi) is 3.74. The van der Waals surface area contributed by atoms with Gasteiger partial charge in [0.05, 0.1) is 6.54 Å². The predicted octanol–water partition coefficient (Wildman–Crippen LogP) is 3.57. The Balaban J connectivity index is 1.53. The van der Waals surface area contributed by atoms with E-state index in [1.165, 1.54) is 6.07 Å². The third-order valence-electron chi connectivity index (χ3n) is 3.69. The molecule has 3 heterocycles. The molecule has 120 valence electrons. The van der Waals surface area contributed by atoms with Crippen molar-refractivity contribution in [2.24, 2.45) is 4.99 Å². The van der Waals surface area contributed by atoms with Crippen LogP contribution in [0.5, 0.6) is 6.01 Å². The Morgan fingerprint density at radius 3 is 3.00 bits per heavy atom. The average molecular weight is 343 g/mol. The number of hydrogen-bond donors (Lipinski definition) is 0. The van der Waals surface area contributed by atoms with E-state index in [9.17, 15) is 4.39 Å². The first-order valence-corrected chi connectivity index (χ1v) is 7.68. The summed E-state index contributed by atoms with van der Waals surface area (Å²) in [7, 11) is 0. The van der Waals surface area contributed by atoms with Crippen molar-refractivity contribution in [2.75, 3.05) is 0 Å². The largest absolute Gasteiger partial charge is 0.458 e. The molecule has 3 aromatic rings. The molecule has 0 bridgehead atoms. The number of hydrogen-bond acceptors (Lipinski definition) is 4. The number of fused-ring (bicyclic) bond motifs is 1. The minimum Gasteiger partial charge on any atom is -0.458 e. The number of halogens is 2. The smallest absolute Gasteiger partial charge is 0.318 e. The van der Waals surface area contributed by atoms with Crippen molar-refractivity contribution < 1.29 is 9.13 Å². The van der Waals surface area contributed by atoms with E-state index < -0.39 is 5.82 Å². The average Bonchev–Trinajstić information content (AvgIpc) is 3.16. The van der Waals surface area contributed by atoms with Crippen LogP contribution in [0.2, 0.25) is 5.02 Å². The second-order valence-electron chi connectivity index (χ2n) is 5.34. The second-order valence-corrected chi connectivity index (χ2v) is 5.77. The summed E-state index contributed by atoms with van der Waals surface area (Å²) in [6.07, 6.45) is 7.38. The molecule has 5 nitrogen and oxygen atoms in total. The lowest BCUT2D eigenvalue weighted by Gasteiger charge is -2.07. The van der Waals surface area contributed by atoms with Crippen LogP contribution in [-0.4, -0.2) is 20.7 Å². The third-order valence-corrected chi connectivity index (χ3v) is 3.93. The van der Waals surface area contributed by atoms with Crippen molar-refractivity contribution in [1.82, 2.24) is 14.5 Å². The standard InChI is InChI=1S/C17H12ClFN4O/c18-14-2-1-11(15(19)5-14)10-24-17-21-4-3-16(22-17)23-8-12-6-20-7-13(12)9-23/h1-6,8-9H,7,10H2. The fraction of sp³-hybridized carbons (Fsp3) is 0.118. The van der Waals surface area contributed by atoms with Gasteiger partial charge in [-0.1, -0.05) is 17.7 Å². The Labute approximate surface area is 142 Å². The highest BCUT2D eigenvalue weighted by Crippen LogP contribution is 2.20. The molecule has 24 heavy (non-hydrogen) atoms. The first-order chi connectivity index (χ1) is 11.7. The summed E-state index contributed by atoms with van der Waals surface area (Å²) in [5.74, 6) is 0.263. The van der Waals surface area contributed by atoms with Gasteiger partial charge in [-0.05, 0) is 12.1 Å². The molecule has 4 rings (SSSR count). The molecule has 0 saturated heterocycles. The van der Waals surface area contributed by atoms with E-state index in [0.717, 1.165) is 11.1 Å². The SMILES string of the molecule is Fc1cc(Cl)ccc1COc1nccc(-n2cc3c(c2)CN=C3)n1. The van der Waals surface area contributed by atoms with Crippen molar-refractivity contribution in [2.45, 2.75) is 13.2 Å². The summed E-state index contributed by atoms with van der Waals surface area (Å²) in [5, 5.41) is 0.346. The lowest BCUT2D eigenvalue weighted by atomic mass is 10.2. The van der Waals surface area contributed by atoms with Gasteiger partial charge in [-0.2, -0.15) is 4.98 Å². The predicted molar refractivity (Wildman–Crippen MR) is 88.4 cm³/mol. The van der Waals surface area contributed by atoms with Gasteiger partial charge in [0.15, 0.2) is 0 Å². The zero-order valence-corrected chi connectivity index (χ0v) is 13.2. The third kappa shape index (κ3) is 2.88. The molecular formula is C17H12ClFN4O. The first kappa shape index (κ1) is 14.8. The van der Waals surface area contributed by atoms with E-state index in [2.05, 4.69) is 15.0 Å². The van der Waals surface area contributed by atoms with Crippen molar-refractivity contribution >= 4 is 17.8 Å². The van der Waals surface area contributed by atoms with Crippen LogP contribution in [-0.2, 0) is 13.2 Å². The van der Waals surface area contributed by atoms with Crippen molar-refractivity contribution in [1.29, 1.82) is 0 Å². The molecule has 0 N–H and O–H groups in total. The Morgan fingerprint density at radius 2 is 2.17 bits per heavy atom. The Hall–Kier alpha value is -2.73. The van der Waals surface area contributed by atoms with Gasteiger partial charge in [-0.25, -0.2) is 9.37 Å². The molecule has 1 aliphatic heterocycles. The molecule has 1 aliphatic rings. The zero-order valence-electron chi connectivity index (χ0n) is 12.5. The maximum atomic E-state index is 13.8. The van der Waals surface area contributed by atoms with E-state index in [1.807, 2.05) is 23.2 Å². The van der Waals surface area contributed by atoms with Crippen molar-refractivity contribution in [3.8, 4) is 11.8 Å². The van der Waals surface area contributed by atoms with Crippen LogP contribution in [0.1, 0.15) is 16.7 Å². The summed E-state index contributed by atoms with van der Waals surface area (Å²) < 4.78 is 21.2. The van der Waals surface area contributed by atoms with E-state index in [0.29, 0.717) is 22.9 Å². The molecule has 0 aliphatic carbocycles. The van der Waals surface area contributed by atoms with Crippen LogP contribution in [0.4, 0.5) is 4.39 Å². The molecule has 0 amide bonds. The molecule has 0 unspecified atom stereocenters. The highest BCUT2D eigenvalue weighted by molar-refractivity contribution is 6.30. The molecule has 0 radical (unpaired) electrons. The Bertz CT molecular complexity index is 938. The number of benzene rings is 1. The molecule has 0 atom stereocenters. The maximum Gasteiger partial charge on any atom is 0.318 e. The molecular weight excluding hydrogens is 331 g/mol. The molecule has 7 heteroatoms. The van der Waals surface area contributed by atoms with E-state index in [4.69, 9.17) is 16.3 Å². The number of aromatic nitrogens is 3. The maximum absolute atomic E-state index is 13.8. The van der Waals surface area contributed by atoms with Gasteiger partial charge in [0, 0.05) is 52.6 Å². The minimum absolute atomic E-state index is 0.0291. The van der Waals surface area contributed by atoms with Crippen LogP contribution < -0.4 is 4.74 Å². The number of nitrogens with zero attached hydrogens (tertiary/aromatic N) is 4. The highest BCUT2D eigenvalue weighted by Gasteiger charge is 2.12. The number of rotatable bonds is 4. The van der Waals surface area contributed by atoms with Gasteiger partial charge in [0.2, 0.25) is 0 Å². The summed E-state index contributed by atoms with van der Waals surface area (Å²) in [6, 6.07) is 6.41. The lowest BCUT2D eigenvalue weighted by Crippen LogP contribution is -2.04. The molecule has 0 fully saturated rings. The molecule has 0 saturated carbocycles. The van der Waals surface area contributed by atoms with Gasteiger partial charge in [-0.3, -0.25) is 4.99 Å². The monoisotopic (exact) mass is 342 g/mol. The van der Waals surface area contributed by atoms with E-state index in [1.54, 1.807) is 24.4 Å². The fourth-order valence-electron chi connectivity index (χ4n) is 2.46. The van der Waals surface area contributed by atoms with E-state index >= 15 is 0 Å².